The molecule has 4 heteroatoms. The third-order valence-electron chi connectivity index (χ3n) is 2.80. The van der Waals surface area contributed by atoms with Crippen molar-refractivity contribution in [2.24, 2.45) is 0 Å². The van der Waals surface area contributed by atoms with Crippen LogP contribution >= 0.6 is 27.7 Å². The van der Waals surface area contributed by atoms with Gasteiger partial charge in [0.05, 0.1) is 0 Å². The number of anilines is 1. The summed E-state index contributed by atoms with van der Waals surface area (Å²) in [5.74, 6) is 0.991. The van der Waals surface area contributed by atoms with Crippen LogP contribution in [-0.4, -0.2) is 22.5 Å². The minimum atomic E-state index is 0.608. The maximum absolute atomic E-state index is 4.33. The molecular formula is C11H15BrN2S. The molecule has 2 unspecified atom stereocenters. The predicted octanol–water partition coefficient (Wildman–Crippen LogP) is 3.54. The van der Waals surface area contributed by atoms with Gasteiger partial charge in [0, 0.05) is 22.0 Å². The van der Waals surface area contributed by atoms with E-state index in [0.717, 1.165) is 15.5 Å². The number of nitrogens with zero attached hydrogens (tertiary/aromatic N) is 1. The number of thioether (sulfide) groups is 1. The molecule has 0 radical (unpaired) electrons. The van der Waals surface area contributed by atoms with E-state index in [0.29, 0.717) is 6.04 Å². The Morgan fingerprint density at radius 2 is 2.33 bits per heavy atom. The van der Waals surface area contributed by atoms with Crippen molar-refractivity contribution in [1.82, 2.24) is 4.98 Å². The van der Waals surface area contributed by atoms with Crippen LogP contribution in [0.25, 0.3) is 0 Å². The van der Waals surface area contributed by atoms with Gasteiger partial charge in [-0.15, -0.1) is 0 Å². The first-order valence-corrected chi connectivity index (χ1v) is 7.27. The first-order valence-electron chi connectivity index (χ1n) is 5.19. The van der Waals surface area contributed by atoms with E-state index >= 15 is 0 Å². The highest BCUT2D eigenvalue weighted by atomic mass is 79.9. The van der Waals surface area contributed by atoms with Gasteiger partial charge in [0.25, 0.3) is 0 Å². The van der Waals surface area contributed by atoms with Gasteiger partial charge in [0.15, 0.2) is 0 Å². The minimum absolute atomic E-state index is 0.608. The van der Waals surface area contributed by atoms with Gasteiger partial charge in [-0.2, -0.15) is 11.8 Å². The maximum atomic E-state index is 4.33. The fourth-order valence-corrected chi connectivity index (χ4v) is 2.99. The van der Waals surface area contributed by atoms with E-state index in [1.807, 2.05) is 30.1 Å². The van der Waals surface area contributed by atoms with Crippen molar-refractivity contribution in [3.05, 3.63) is 22.8 Å². The Kier molecular flexibility index (Phi) is 3.92. The summed E-state index contributed by atoms with van der Waals surface area (Å²) < 4.78 is 1.03. The third-order valence-corrected chi connectivity index (χ3v) is 4.36. The SMILES string of the molecule is CSC1CCC(Nc2ccc(Br)cn2)C1. The van der Waals surface area contributed by atoms with Crippen LogP contribution in [0.4, 0.5) is 5.82 Å². The Balaban J connectivity index is 1.90. The van der Waals surface area contributed by atoms with Crippen molar-refractivity contribution in [2.75, 3.05) is 11.6 Å². The highest BCUT2D eigenvalue weighted by Crippen LogP contribution is 2.29. The van der Waals surface area contributed by atoms with Crippen molar-refractivity contribution in [1.29, 1.82) is 0 Å². The fourth-order valence-electron chi connectivity index (χ4n) is 1.96. The molecule has 0 aromatic carbocycles. The van der Waals surface area contributed by atoms with Gasteiger partial charge in [0.1, 0.15) is 5.82 Å². The lowest BCUT2D eigenvalue weighted by atomic mass is 10.2. The number of hydrogen-bond donors (Lipinski definition) is 1. The molecule has 1 fully saturated rings. The molecule has 1 aromatic heterocycles. The van der Waals surface area contributed by atoms with Crippen LogP contribution in [0.1, 0.15) is 19.3 Å². The number of hydrogen-bond acceptors (Lipinski definition) is 3. The van der Waals surface area contributed by atoms with Gasteiger partial charge in [-0.25, -0.2) is 4.98 Å². The predicted molar refractivity (Wildman–Crippen MR) is 70.5 cm³/mol. The Morgan fingerprint density at radius 3 is 2.93 bits per heavy atom. The molecule has 2 nitrogen and oxygen atoms in total. The maximum Gasteiger partial charge on any atom is 0.126 e. The molecule has 0 amide bonds. The average Bonchev–Trinajstić information content (AvgIpc) is 2.69. The summed E-state index contributed by atoms with van der Waals surface area (Å²) in [5, 5.41) is 4.32. The first-order chi connectivity index (χ1) is 7.28. The normalized spacial score (nSPS) is 25.5. The molecule has 0 aliphatic heterocycles. The molecule has 1 aliphatic rings. The Hall–Kier alpha value is -0.220. The number of nitrogens with one attached hydrogen (secondary N) is 1. The van der Waals surface area contributed by atoms with Crippen LogP contribution in [0.2, 0.25) is 0 Å². The highest BCUT2D eigenvalue weighted by Gasteiger charge is 2.23. The van der Waals surface area contributed by atoms with Gasteiger partial charge >= 0.3 is 0 Å². The van der Waals surface area contributed by atoms with Crippen molar-refractivity contribution < 1.29 is 0 Å². The monoisotopic (exact) mass is 286 g/mol. The molecule has 1 aromatic rings. The summed E-state index contributed by atoms with van der Waals surface area (Å²) >= 11 is 5.37. The molecule has 0 saturated heterocycles. The van der Waals surface area contributed by atoms with Gasteiger partial charge in [-0.1, -0.05) is 0 Å². The van der Waals surface area contributed by atoms with Crippen LogP contribution in [0.5, 0.6) is 0 Å². The summed E-state index contributed by atoms with van der Waals surface area (Å²) in [6.45, 7) is 0. The molecule has 1 saturated carbocycles. The van der Waals surface area contributed by atoms with Crippen molar-refractivity contribution in [2.45, 2.75) is 30.6 Å². The molecule has 0 spiro atoms. The molecule has 1 heterocycles. The molecule has 1 N–H and O–H groups in total. The zero-order valence-corrected chi connectivity index (χ0v) is 11.1. The molecule has 2 atom stereocenters. The van der Waals surface area contributed by atoms with E-state index in [4.69, 9.17) is 0 Å². The number of pyridine rings is 1. The first kappa shape index (κ1) is 11.3. The molecule has 0 bridgehead atoms. The Morgan fingerprint density at radius 1 is 1.47 bits per heavy atom. The lowest BCUT2D eigenvalue weighted by molar-refractivity contribution is 0.752. The van der Waals surface area contributed by atoms with Crippen molar-refractivity contribution in [3.8, 4) is 0 Å². The van der Waals surface area contributed by atoms with Crippen LogP contribution in [0, 0.1) is 0 Å². The quantitative estimate of drug-likeness (QED) is 0.920. The van der Waals surface area contributed by atoms with Crippen molar-refractivity contribution in [3.63, 3.8) is 0 Å². The molecular weight excluding hydrogens is 272 g/mol. The number of halogens is 1. The summed E-state index contributed by atoms with van der Waals surface area (Å²) in [5.41, 5.74) is 0. The Labute approximate surface area is 103 Å². The van der Waals surface area contributed by atoms with Gasteiger partial charge in [0.2, 0.25) is 0 Å². The zero-order valence-electron chi connectivity index (χ0n) is 8.74. The summed E-state index contributed by atoms with van der Waals surface area (Å²) in [6.07, 6.45) is 7.89. The van der Waals surface area contributed by atoms with Crippen LogP contribution in [0.15, 0.2) is 22.8 Å². The lowest BCUT2D eigenvalue weighted by Gasteiger charge is -2.13. The van der Waals surface area contributed by atoms with Crippen molar-refractivity contribution >= 4 is 33.5 Å². The van der Waals surface area contributed by atoms with Gasteiger partial charge < -0.3 is 5.32 Å². The van der Waals surface area contributed by atoms with Crippen LogP contribution in [0.3, 0.4) is 0 Å². The van der Waals surface area contributed by atoms with E-state index in [1.165, 1.54) is 19.3 Å². The topological polar surface area (TPSA) is 24.9 Å². The van der Waals surface area contributed by atoms with Gasteiger partial charge in [-0.05, 0) is 53.6 Å². The van der Waals surface area contributed by atoms with E-state index in [-0.39, 0.29) is 0 Å². The molecule has 82 valence electrons. The lowest BCUT2D eigenvalue weighted by Crippen LogP contribution is -2.16. The summed E-state index contributed by atoms with van der Waals surface area (Å²) in [6, 6.07) is 4.66. The molecule has 15 heavy (non-hydrogen) atoms. The third kappa shape index (κ3) is 3.11. The molecule has 1 aliphatic carbocycles. The second-order valence-corrected chi connectivity index (χ2v) is 5.93. The standard InChI is InChI=1S/C11H15BrN2S/c1-15-10-4-3-9(6-10)14-11-5-2-8(12)7-13-11/h2,5,7,9-10H,3-4,6H2,1H3,(H,13,14). The smallest absolute Gasteiger partial charge is 0.126 e. The van der Waals surface area contributed by atoms with E-state index < -0.39 is 0 Å². The van der Waals surface area contributed by atoms with Crippen LogP contribution < -0.4 is 5.32 Å². The van der Waals surface area contributed by atoms with E-state index in [9.17, 15) is 0 Å². The summed E-state index contributed by atoms with van der Waals surface area (Å²) in [7, 11) is 0. The second-order valence-electron chi connectivity index (χ2n) is 3.87. The average molecular weight is 287 g/mol. The van der Waals surface area contributed by atoms with E-state index in [1.54, 1.807) is 0 Å². The van der Waals surface area contributed by atoms with E-state index in [2.05, 4.69) is 32.5 Å². The van der Waals surface area contributed by atoms with Gasteiger partial charge in [-0.3, -0.25) is 0 Å². The zero-order chi connectivity index (χ0) is 10.7. The highest BCUT2D eigenvalue weighted by molar-refractivity contribution is 9.10. The minimum Gasteiger partial charge on any atom is -0.367 e. The Bertz CT molecular complexity index is 315. The second kappa shape index (κ2) is 5.21. The number of rotatable bonds is 3. The summed E-state index contributed by atoms with van der Waals surface area (Å²) in [4.78, 5) is 4.33. The fraction of sp³-hybridized carbons (Fsp3) is 0.545. The molecule has 2 rings (SSSR count). The van der Waals surface area contributed by atoms with Crippen LogP contribution in [-0.2, 0) is 0 Å². The number of aromatic nitrogens is 1. The largest absolute Gasteiger partial charge is 0.367 e.